The third-order valence-electron chi connectivity index (χ3n) is 5.18. The molecule has 1 aromatic rings. The monoisotopic (exact) mass is 324 g/mol. The van der Waals surface area contributed by atoms with Crippen LogP contribution in [0.15, 0.2) is 5.38 Å². The first-order valence-electron chi connectivity index (χ1n) is 8.02. The average molecular weight is 324 g/mol. The first-order chi connectivity index (χ1) is 10.5. The molecule has 22 heavy (non-hydrogen) atoms. The van der Waals surface area contributed by atoms with Crippen LogP contribution < -0.4 is 0 Å². The molecule has 0 unspecified atom stereocenters. The van der Waals surface area contributed by atoms with Gasteiger partial charge < -0.3 is 14.7 Å². The molecule has 6 heteroatoms. The molecule has 2 atom stereocenters. The summed E-state index contributed by atoms with van der Waals surface area (Å²) in [6.45, 7) is 6.64. The highest BCUT2D eigenvalue weighted by Crippen LogP contribution is 2.39. The van der Waals surface area contributed by atoms with E-state index in [9.17, 15) is 9.90 Å². The van der Waals surface area contributed by atoms with Gasteiger partial charge in [0, 0.05) is 37.6 Å². The molecular weight excluding hydrogens is 300 g/mol. The lowest BCUT2D eigenvalue weighted by Gasteiger charge is -2.48. The van der Waals surface area contributed by atoms with E-state index < -0.39 is 5.60 Å². The molecule has 2 aliphatic heterocycles. The normalized spacial score (nSPS) is 30.5. The van der Waals surface area contributed by atoms with Crippen LogP contribution in [0.4, 0.5) is 0 Å². The van der Waals surface area contributed by atoms with Crippen LogP contribution in [0.2, 0.25) is 0 Å². The van der Waals surface area contributed by atoms with Gasteiger partial charge in [-0.25, -0.2) is 4.98 Å². The number of nitrogens with zero attached hydrogens (tertiary/aromatic N) is 2. The number of aliphatic hydroxyl groups is 1. The second-order valence-corrected chi connectivity index (χ2v) is 7.59. The van der Waals surface area contributed by atoms with Gasteiger partial charge in [0.1, 0.15) is 5.69 Å². The van der Waals surface area contributed by atoms with E-state index >= 15 is 0 Å². The predicted molar refractivity (Wildman–Crippen MR) is 85.0 cm³/mol. The van der Waals surface area contributed by atoms with E-state index in [0.717, 1.165) is 31.1 Å². The number of piperidine rings is 1. The zero-order valence-electron chi connectivity index (χ0n) is 13.2. The number of thiazole rings is 1. The minimum atomic E-state index is -0.668. The molecule has 1 aromatic heterocycles. The molecule has 2 aliphatic rings. The average Bonchev–Trinajstić information content (AvgIpc) is 2.97. The number of aryl methyl sites for hydroxylation is 1. The van der Waals surface area contributed by atoms with Crippen molar-refractivity contribution >= 4 is 17.2 Å². The standard InChI is InChI=1S/C16H24N2O3S/c1-11-9-18(15(19)14-10-22-12(2)17-14)6-5-16(11,20)13-3-7-21-8-4-13/h10-11,13,20H,3-9H2,1-2H3/t11-,16+/m1/s1. The summed E-state index contributed by atoms with van der Waals surface area (Å²) in [5.41, 5.74) is -0.135. The number of rotatable bonds is 2. The fraction of sp³-hybridized carbons (Fsp3) is 0.750. The quantitative estimate of drug-likeness (QED) is 0.905. The maximum absolute atomic E-state index is 12.5. The molecule has 3 heterocycles. The van der Waals surface area contributed by atoms with Gasteiger partial charge in [-0.2, -0.15) is 0 Å². The number of hydrogen-bond donors (Lipinski definition) is 1. The smallest absolute Gasteiger partial charge is 0.273 e. The van der Waals surface area contributed by atoms with E-state index in [2.05, 4.69) is 11.9 Å². The lowest BCUT2D eigenvalue weighted by molar-refractivity contribution is -0.125. The summed E-state index contributed by atoms with van der Waals surface area (Å²) in [7, 11) is 0. The Bertz CT molecular complexity index is 541. The number of likely N-dealkylation sites (tertiary alicyclic amines) is 1. The number of ether oxygens (including phenoxy) is 1. The van der Waals surface area contributed by atoms with Crippen LogP contribution in [0.25, 0.3) is 0 Å². The minimum absolute atomic E-state index is 0.00905. The van der Waals surface area contributed by atoms with Gasteiger partial charge in [-0.3, -0.25) is 4.79 Å². The summed E-state index contributed by atoms with van der Waals surface area (Å²) in [4.78, 5) is 18.6. The summed E-state index contributed by atoms with van der Waals surface area (Å²) in [6, 6.07) is 0. The van der Waals surface area contributed by atoms with Gasteiger partial charge in [0.15, 0.2) is 0 Å². The van der Waals surface area contributed by atoms with Crippen LogP contribution in [0.1, 0.15) is 41.7 Å². The molecule has 3 rings (SSSR count). The Morgan fingerprint density at radius 2 is 2.23 bits per heavy atom. The summed E-state index contributed by atoms with van der Waals surface area (Å²) >= 11 is 1.50. The van der Waals surface area contributed by atoms with Gasteiger partial charge in [-0.15, -0.1) is 11.3 Å². The maximum atomic E-state index is 12.5. The molecule has 0 saturated carbocycles. The van der Waals surface area contributed by atoms with Gasteiger partial charge in [0.25, 0.3) is 5.91 Å². The van der Waals surface area contributed by atoms with Crippen LogP contribution >= 0.6 is 11.3 Å². The molecule has 0 aliphatic carbocycles. The van der Waals surface area contributed by atoms with E-state index in [1.165, 1.54) is 11.3 Å². The number of amides is 1. The van der Waals surface area contributed by atoms with Gasteiger partial charge >= 0.3 is 0 Å². The van der Waals surface area contributed by atoms with Gasteiger partial charge in [-0.05, 0) is 32.1 Å². The minimum Gasteiger partial charge on any atom is -0.389 e. The Hall–Kier alpha value is -0.980. The van der Waals surface area contributed by atoms with Gasteiger partial charge in [-0.1, -0.05) is 6.92 Å². The van der Waals surface area contributed by atoms with Crippen molar-refractivity contribution in [3.05, 3.63) is 16.1 Å². The topological polar surface area (TPSA) is 62.7 Å². The van der Waals surface area contributed by atoms with E-state index in [-0.39, 0.29) is 17.7 Å². The Labute approximate surface area is 135 Å². The number of aromatic nitrogens is 1. The van der Waals surface area contributed by atoms with Crippen LogP contribution in [0.3, 0.4) is 0 Å². The van der Waals surface area contributed by atoms with E-state index in [1.807, 2.05) is 17.2 Å². The fourth-order valence-electron chi connectivity index (χ4n) is 3.75. The second-order valence-electron chi connectivity index (χ2n) is 6.53. The van der Waals surface area contributed by atoms with Gasteiger partial charge in [0.05, 0.1) is 10.6 Å². The third-order valence-corrected chi connectivity index (χ3v) is 5.96. The third kappa shape index (κ3) is 2.92. The summed E-state index contributed by atoms with van der Waals surface area (Å²) in [5.74, 6) is 0.355. The Kier molecular flexibility index (Phi) is 4.52. The zero-order chi connectivity index (χ0) is 15.7. The lowest BCUT2D eigenvalue weighted by atomic mass is 9.70. The van der Waals surface area contributed by atoms with Crippen LogP contribution in [-0.4, -0.2) is 52.8 Å². The molecule has 5 nitrogen and oxygen atoms in total. The SMILES string of the molecule is Cc1nc(C(=O)N2CC[C@@](O)(C3CCOCC3)[C@H](C)C2)cs1. The Balaban J connectivity index is 1.67. The first kappa shape index (κ1) is 15.9. The van der Waals surface area contributed by atoms with Crippen LogP contribution in [0.5, 0.6) is 0 Å². The number of carbonyl (C=O) groups excluding carboxylic acids is 1. The van der Waals surface area contributed by atoms with Crippen molar-refractivity contribution in [1.29, 1.82) is 0 Å². The maximum Gasteiger partial charge on any atom is 0.273 e. The van der Waals surface area contributed by atoms with Crippen molar-refractivity contribution < 1.29 is 14.6 Å². The summed E-state index contributed by atoms with van der Waals surface area (Å²) in [6.07, 6.45) is 2.48. The lowest BCUT2D eigenvalue weighted by Crippen LogP contribution is -2.56. The van der Waals surface area contributed by atoms with Gasteiger partial charge in [0.2, 0.25) is 0 Å². The van der Waals surface area contributed by atoms with Crippen molar-refractivity contribution in [3.63, 3.8) is 0 Å². The van der Waals surface area contributed by atoms with E-state index in [4.69, 9.17) is 4.74 Å². The van der Waals surface area contributed by atoms with E-state index in [0.29, 0.717) is 25.2 Å². The van der Waals surface area contributed by atoms with Crippen molar-refractivity contribution in [2.45, 2.75) is 38.7 Å². The fourth-order valence-corrected chi connectivity index (χ4v) is 4.34. The van der Waals surface area contributed by atoms with E-state index in [1.54, 1.807) is 0 Å². The Morgan fingerprint density at radius 3 is 2.82 bits per heavy atom. The molecule has 2 saturated heterocycles. The summed E-state index contributed by atoms with van der Waals surface area (Å²) < 4.78 is 5.41. The largest absolute Gasteiger partial charge is 0.389 e. The molecule has 0 radical (unpaired) electrons. The zero-order valence-corrected chi connectivity index (χ0v) is 14.1. The van der Waals surface area contributed by atoms with Crippen LogP contribution in [0, 0.1) is 18.8 Å². The molecule has 1 amide bonds. The van der Waals surface area contributed by atoms with Crippen molar-refractivity contribution in [2.24, 2.45) is 11.8 Å². The van der Waals surface area contributed by atoms with Crippen LogP contribution in [-0.2, 0) is 4.74 Å². The van der Waals surface area contributed by atoms with Crippen molar-refractivity contribution in [1.82, 2.24) is 9.88 Å². The highest BCUT2D eigenvalue weighted by atomic mass is 32.1. The van der Waals surface area contributed by atoms with Crippen molar-refractivity contribution in [3.8, 4) is 0 Å². The molecular formula is C16H24N2O3S. The molecule has 0 spiro atoms. The number of carbonyl (C=O) groups is 1. The number of hydrogen-bond acceptors (Lipinski definition) is 5. The molecule has 0 aromatic carbocycles. The first-order valence-corrected chi connectivity index (χ1v) is 8.90. The summed E-state index contributed by atoms with van der Waals surface area (Å²) in [5, 5.41) is 13.9. The predicted octanol–water partition coefficient (Wildman–Crippen LogP) is 2.09. The second kappa shape index (κ2) is 6.26. The highest BCUT2D eigenvalue weighted by Gasteiger charge is 2.46. The molecule has 122 valence electrons. The molecule has 0 bridgehead atoms. The highest BCUT2D eigenvalue weighted by molar-refractivity contribution is 7.09. The Morgan fingerprint density at radius 1 is 1.50 bits per heavy atom. The molecule has 2 fully saturated rings. The van der Waals surface area contributed by atoms with Crippen molar-refractivity contribution in [2.75, 3.05) is 26.3 Å². The molecule has 1 N–H and O–H groups in total.